The lowest BCUT2D eigenvalue weighted by molar-refractivity contribution is 0.0771. The van der Waals surface area contributed by atoms with Crippen LogP contribution in [0, 0.1) is 0 Å². The monoisotopic (exact) mass is 320 g/mol. The smallest absolute Gasteiger partial charge is 0.254 e. The van der Waals surface area contributed by atoms with Crippen molar-refractivity contribution in [2.75, 3.05) is 13.1 Å². The summed E-state index contributed by atoms with van der Waals surface area (Å²) in [5.41, 5.74) is 2.14. The summed E-state index contributed by atoms with van der Waals surface area (Å²) in [6.07, 6.45) is 5.75. The Morgan fingerprint density at radius 2 is 1.92 bits per heavy atom. The number of benzene rings is 1. The molecule has 0 saturated carbocycles. The van der Waals surface area contributed by atoms with Crippen LogP contribution in [0.25, 0.3) is 11.0 Å². The zero-order valence-corrected chi connectivity index (χ0v) is 13.0. The van der Waals surface area contributed by atoms with E-state index in [1.165, 1.54) is 0 Å². The van der Waals surface area contributed by atoms with Crippen molar-refractivity contribution in [3.63, 3.8) is 0 Å². The van der Waals surface area contributed by atoms with Crippen molar-refractivity contribution in [2.45, 2.75) is 12.5 Å². The predicted molar refractivity (Wildman–Crippen MR) is 88.7 cm³/mol. The van der Waals surface area contributed by atoms with Gasteiger partial charge in [0.05, 0.1) is 17.6 Å². The van der Waals surface area contributed by atoms with Crippen molar-refractivity contribution in [3.05, 3.63) is 60.6 Å². The molecule has 1 aliphatic rings. The van der Waals surface area contributed by atoms with Crippen LogP contribution in [0.5, 0.6) is 5.88 Å². The van der Waals surface area contributed by atoms with Crippen LogP contribution in [-0.4, -0.2) is 45.0 Å². The lowest BCUT2D eigenvalue weighted by Gasteiger charge is -2.17. The molecule has 0 radical (unpaired) electrons. The van der Waals surface area contributed by atoms with Gasteiger partial charge in [-0.15, -0.1) is 0 Å². The number of ether oxygens (including phenoxy) is 1. The van der Waals surface area contributed by atoms with Gasteiger partial charge in [-0.2, -0.15) is 0 Å². The SMILES string of the molecule is O=C(c1ccc2nccnc2c1)N1CCC(Oc2ccccn2)C1. The van der Waals surface area contributed by atoms with Gasteiger partial charge in [0.2, 0.25) is 5.88 Å². The van der Waals surface area contributed by atoms with Gasteiger partial charge in [0.1, 0.15) is 6.10 Å². The van der Waals surface area contributed by atoms with Gasteiger partial charge in [0.25, 0.3) is 5.91 Å². The standard InChI is InChI=1S/C18H16N4O2/c23-18(13-4-5-15-16(11-13)20-9-8-19-15)22-10-6-14(12-22)24-17-3-1-2-7-21-17/h1-5,7-9,11,14H,6,10,12H2. The molecule has 6 heteroatoms. The van der Waals surface area contributed by atoms with E-state index in [-0.39, 0.29) is 12.0 Å². The fraction of sp³-hybridized carbons (Fsp3) is 0.222. The number of carbonyl (C=O) groups excluding carboxylic acids is 1. The van der Waals surface area contributed by atoms with Crippen molar-refractivity contribution < 1.29 is 9.53 Å². The third kappa shape index (κ3) is 2.90. The van der Waals surface area contributed by atoms with E-state index in [1.807, 2.05) is 29.2 Å². The van der Waals surface area contributed by atoms with Crippen LogP contribution in [0.3, 0.4) is 0 Å². The predicted octanol–water partition coefficient (Wildman–Crippen LogP) is 2.32. The summed E-state index contributed by atoms with van der Waals surface area (Å²) in [4.78, 5) is 27.1. The number of rotatable bonds is 3. The van der Waals surface area contributed by atoms with Gasteiger partial charge in [0, 0.05) is 43.2 Å². The van der Waals surface area contributed by atoms with Crippen molar-refractivity contribution in [1.82, 2.24) is 19.9 Å². The molecular weight excluding hydrogens is 304 g/mol. The van der Waals surface area contributed by atoms with E-state index in [2.05, 4.69) is 15.0 Å². The fourth-order valence-corrected chi connectivity index (χ4v) is 2.88. The summed E-state index contributed by atoms with van der Waals surface area (Å²) in [5, 5.41) is 0. The highest BCUT2D eigenvalue weighted by Crippen LogP contribution is 2.19. The van der Waals surface area contributed by atoms with Gasteiger partial charge in [-0.1, -0.05) is 6.07 Å². The number of hydrogen-bond donors (Lipinski definition) is 0. The maximum absolute atomic E-state index is 12.7. The molecular formula is C18H16N4O2. The second kappa shape index (κ2) is 6.23. The van der Waals surface area contributed by atoms with Gasteiger partial charge in [-0.05, 0) is 24.3 Å². The van der Waals surface area contributed by atoms with Gasteiger partial charge >= 0.3 is 0 Å². The van der Waals surface area contributed by atoms with E-state index in [1.54, 1.807) is 30.7 Å². The molecule has 24 heavy (non-hydrogen) atoms. The number of hydrogen-bond acceptors (Lipinski definition) is 5. The molecule has 1 fully saturated rings. The van der Waals surface area contributed by atoms with Crippen molar-refractivity contribution in [2.24, 2.45) is 0 Å². The number of carbonyl (C=O) groups is 1. The molecule has 3 heterocycles. The summed E-state index contributed by atoms with van der Waals surface area (Å²) in [6, 6.07) is 11.0. The fourth-order valence-electron chi connectivity index (χ4n) is 2.88. The third-order valence-corrected chi connectivity index (χ3v) is 4.07. The van der Waals surface area contributed by atoms with Gasteiger partial charge in [0.15, 0.2) is 0 Å². The molecule has 0 bridgehead atoms. The van der Waals surface area contributed by atoms with Gasteiger partial charge in [-0.3, -0.25) is 14.8 Å². The second-order valence-electron chi connectivity index (χ2n) is 5.71. The van der Waals surface area contributed by atoms with E-state index in [0.717, 1.165) is 17.5 Å². The zero-order chi connectivity index (χ0) is 16.4. The molecule has 1 saturated heterocycles. The zero-order valence-electron chi connectivity index (χ0n) is 13.0. The molecule has 3 aromatic rings. The largest absolute Gasteiger partial charge is 0.472 e. The first-order valence-corrected chi connectivity index (χ1v) is 7.87. The molecule has 0 spiro atoms. The summed E-state index contributed by atoms with van der Waals surface area (Å²) in [7, 11) is 0. The Balaban J connectivity index is 1.46. The van der Waals surface area contributed by atoms with Gasteiger partial charge < -0.3 is 9.64 Å². The van der Waals surface area contributed by atoms with Crippen LogP contribution >= 0.6 is 0 Å². The first-order valence-electron chi connectivity index (χ1n) is 7.87. The normalized spacial score (nSPS) is 17.2. The highest BCUT2D eigenvalue weighted by Gasteiger charge is 2.28. The molecule has 1 aliphatic heterocycles. The van der Waals surface area contributed by atoms with Crippen LogP contribution in [0.4, 0.5) is 0 Å². The highest BCUT2D eigenvalue weighted by atomic mass is 16.5. The summed E-state index contributed by atoms with van der Waals surface area (Å²) >= 11 is 0. The Hall–Kier alpha value is -3.02. The highest BCUT2D eigenvalue weighted by molar-refractivity contribution is 5.97. The van der Waals surface area contributed by atoms with Crippen LogP contribution in [0.15, 0.2) is 55.0 Å². The van der Waals surface area contributed by atoms with Crippen molar-refractivity contribution in [3.8, 4) is 5.88 Å². The molecule has 6 nitrogen and oxygen atoms in total. The van der Waals surface area contributed by atoms with Crippen LogP contribution in [-0.2, 0) is 0 Å². The Labute approximate surface area is 139 Å². The lowest BCUT2D eigenvalue weighted by atomic mass is 10.1. The average Bonchev–Trinajstić information content (AvgIpc) is 3.10. The number of likely N-dealkylation sites (tertiary alicyclic amines) is 1. The van der Waals surface area contributed by atoms with Crippen LogP contribution in [0.1, 0.15) is 16.8 Å². The van der Waals surface area contributed by atoms with Crippen molar-refractivity contribution in [1.29, 1.82) is 0 Å². The molecule has 2 aromatic heterocycles. The Morgan fingerprint density at radius 1 is 1.04 bits per heavy atom. The van der Waals surface area contributed by atoms with Crippen LogP contribution < -0.4 is 4.74 Å². The number of nitrogens with zero attached hydrogens (tertiary/aromatic N) is 4. The number of amides is 1. The molecule has 0 aliphatic carbocycles. The molecule has 1 amide bonds. The topological polar surface area (TPSA) is 68.2 Å². The van der Waals surface area contributed by atoms with Crippen LogP contribution in [0.2, 0.25) is 0 Å². The number of fused-ring (bicyclic) bond motifs is 1. The number of pyridine rings is 1. The Morgan fingerprint density at radius 3 is 2.75 bits per heavy atom. The Bertz CT molecular complexity index is 869. The summed E-state index contributed by atoms with van der Waals surface area (Å²) in [5.74, 6) is 0.590. The molecule has 1 aromatic carbocycles. The number of aromatic nitrogens is 3. The van der Waals surface area contributed by atoms with E-state index < -0.39 is 0 Å². The van der Waals surface area contributed by atoms with Crippen molar-refractivity contribution >= 4 is 16.9 Å². The molecule has 4 rings (SSSR count). The Kier molecular flexibility index (Phi) is 3.78. The minimum absolute atomic E-state index is 0.00493. The maximum atomic E-state index is 12.7. The molecule has 1 unspecified atom stereocenters. The molecule has 120 valence electrons. The first-order chi connectivity index (χ1) is 11.8. The minimum Gasteiger partial charge on any atom is -0.472 e. The summed E-state index contributed by atoms with van der Waals surface area (Å²) < 4.78 is 5.83. The quantitative estimate of drug-likeness (QED) is 0.741. The lowest BCUT2D eigenvalue weighted by Crippen LogP contribution is -2.31. The minimum atomic E-state index is -0.0240. The van der Waals surface area contributed by atoms with Gasteiger partial charge in [-0.25, -0.2) is 4.98 Å². The maximum Gasteiger partial charge on any atom is 0.254 e. The van der Waals surface area contributed by atoms with E-state index in [4.69, 9.17) is 4.74 Å². The second-order valence-corrected chi connectivity index (χ2v) is 5.71. The third-order valence-electron chi connectivity index (χ3n) is 4.07. The molecule has 0 N–H and O–H groups in total. The van der Waals surface area contributed by atoms with E-state index in [9.17, 15) is 4.79 Å². The average molecular weight is 320 g/mol. The van der Waals surface area contributed by atoms with E-state index in [0.29, 0.717) is 24.5 Å². The first kappa shape index (κ1) is 14.6. The van der Waals surface area contributed by atoms with E-state index >= 15 is 0 Å². The molecule has 1 atom stereocenters. The summed E-state index contributed by atoms with van der Waals surface area (Å²) in [6.45, 7) is 1.24.